The predicted molar refractivity (Wildman–Crippen MR) is 84.3 cm³/mol. The molecule has 5 nitrogen and oxygen atoms in total. The maximum absolute atomic E-state index is 5.53. The summed E-state index contributed by atoms with van der Waals surface area (Å²) in [5.74, 6) is 2.43. The van der Waals surface area contributed by atoms with Crippen LogP contribution in [-0.2, 0) is 0 Å². The molecule has 4 N–H and O–H groups in total. The van der Waals surface area contributed by atoms with E-state index >= 15 is 0 Å². The molecular weight excluding hydrogens is 250 g/mol. The summed E-state index contributed by atoms with van der Waals surface area (Å²) in [4.78, 5) is 6.83. The second-order valence-corrected chi connectivity index (χ2v) is 5.54. The van der Waals surface area contributed by atoms with E-state index in [0.717, 1.165) is 50.3 Å². The zero-order valence-electron chi connectivity index (χ0n) is 12.3. The van der Waals surface area contributed by atoms with Crippen LogP contribution in [0.2, 0.25) is 0 Å². The molecule has 20 heavy (non-hydrogen) atoms. The molecule has 0 atom stereocenters. The highest BCUT2D eigenvalue weighted by Crippen LogP contribution is 2.23. The van der Waals surface area contributed by atoms with E-state index in [9.17, 15) is 0 Å². The van der Waals surface area contributed by atoms with Crippen LogP contribution in [-0.4, -0.2) is 43.5 Å². The van der Waals surface area contributed by atoms with E-state index in [2.05, 4.69) is 27.1 Å². The number of nitrogens with two attached hydrogens (primary N) is 1. The first-order valence-electron chi connectivity index (χ1n) is 7.65. The van der Waals surface area contributed by atoms with Crippen LogP contribution in [0.25, 0.3) is 0 Å². The smallest absolute Gasteiger partial charge is 0.132 e. The molecule has 0 radical (unpaired) electrons. The van der Waals surface area contributed by atoms with Crippen LogP contribution in [0.3, 0.4) is 0 Å². The SMILES string of the molecule is C=C(/N=C(\C=C/N)N1CCNCC1)NCC1CCCC1. The number of hydrogen-bond acceptors (Lipinski definition) is 4. The van der Waals surface area contributed by atoms with E-state index < -0.39 is 0 Å². The van der Waals surface area contributed by atoms with Crippen LogP contribution < -0.4 is 16.4 Å². The van der Waals surface area contributed by atoms with Crippen molar-refractivity contribution < 1.29 is 0 Å². The average molecular weight is 277 g/mol. The molecule has 2 fully saturated rings. The van der Waals surface area contributed by atoms with Gasteiger partial charge in [-0.2, -0.15) is 0 Å². The topological polar surface area (TPSA) is 65.7 Å². The summed E-state index contributed by atoms with van der Waals surface area (Å²) in [6.45, 7) is 8.89. The summed E-state index contributed by atoms with van der Waals surface area (Å²) in [5, 5.41) is 6.69. The lowest BCUT2D eigenvalue weighted by Gasteiger charge is -2.29. The first-order chi connectivity index (χ1) is 9.79. The molecule has 112 valence electrons. The van der Waals surface area contributed by atoms with Gasteiger partial charge in [0, 0.05) is 32.7 Å². The van der Waals surface area contributed by atoms with Crippen LogP contribution in [0.15, 0.2) is 29.7 Å². The summed E-state index contributed by atoms with van der Waals surface area (Å²) < 4.78 is 0. The highest BCUT2D eigenvalue weighted by atomic mass is 15.2. The molecule has 2 aliphatic rings. The summed E-state index contributed by atoms with van der Waals surface area (Å²) in [7, 11) is 0. The van der Waals surface area contributed by atoms with Crippen molar-refractivity contribution in [3.05, 3.63) is 24.7 Å². The molecule has 5 heteroatoms. The zero-order valence-corrected chi connectivity index (χ0v) is 12.3. The quantitative estimate of drug-likeness (QED) is 0.518. The zero-order chi connectivity index (χ0) is 14.2. The van der Waals surface area contributed by atoms with E-state index in [4.69, 9.17) is 5.73 Å². The van der Waals surface area contributed by atoms with Gasteiger partial charge in [0.15, 0.2) is 0 Å². The van der Waals surface area contributed by atoms with Gasteiger partial charge in [-0.15, -0.1) is 0 Å². The van der Waals surface area contributed by atoms with Gasteiger partial charge in [0.25, 0.3) is 0 Å². The molecule has 0 spiro atoms. The van der Waals surface area contributed by atoms with Gasteiger partial charge < -0.3 is 21.3 Å². The second kappa shape index (κ2) is 7.94. The Morgan fingerprint density at radius 3 is 2.70 bits per heavy atom. The summed E-state index contributed by atoms with van der Waals surface area (Å²) in [5.41, 5.74) is 5.53. The van der Waals surface area contributed by atoms with Gasteiger partial charge >= 0.3 is 0 Å². The Balaban J connectivity index is 1.87. The number of rotatable bonds is 5. The molecule has 1 aliphatic heterocycles. The van der Waals surface area contributed by atoms with Gasteiger partial charge in [0.2, 0.25) is 0 Å². The van der Waals surface area contributed by atoms with Crippen molar-refractivity contribution in [1.82, 2.24) is 15.5 Å². The lowest BCUT2D eigenvalue weighted by molar-refractivity contribution is 0.358. The molecule has 0 unspecified atom stereocenters. The third-order valence-corrected chi connectivity index (χ3v) is 4.01. The number of piperazine rings is 1. The highest BCUT2D eigenvalue weighted by Gasteiger charge is 2.15. The predicted octanol–water partition coefficient (Wildman–Crippen LogP) is 1.01. The molecule has 1 heterocycles. The molecule has 0 aromatic rings. The molecule has 0 bridgehead atoms. The molecule has 0 amide bonds. The Morgan fingerprint density at radius 2 is 2.05 bits per heavy atom. The largest absolute Gasteiger partial charge is 0.404 e. The summed E-state index contributed by atoms with van der Waals surface area (Å²) in [6.07, 6.45) is 8.79. The minimum absolute atomic E-state index is 0.739. The molecule has 2 rings (SSSR count). The van der Waals surface area contributed by atoms with Crippen LogP contribution >= 0.6 is 0 Å². The van der Waals surface area contributed by atoms with E-state index in [0.29, 0.717) is 0 Å². The van der Waals surface area contributed by atoms with Crippen molar-refractivity contribution in [2.45, 2.75) is 25.7 Å². The summed E-state index contributed by atoms with van der Waals surface area (Å²) >= 11 is 0. The highest BCUT2D eigenvalue weighted by molar-refractivity contribution is 5.93. The Labute approximate surface area is 122 Å². The summed E-state index contributed by atoms with van der Waals surface area (Å²) in [6, 6.07) is 0. The van der Waals surface area contributed by atoms with Crippen LogP contribution in [0, 0.1) is 5.92 Å². The average Bonchev–Trinajstić information content (AvgIpc) is 2.99. The normalized spacial score (nSPS) is 21.6. The minimum atomic E-state index is 0.739. The van der Waals surface area contributed by atoms with Crippen molar-refractivity contribution in [2.24, 2.45) is 16.6 Å². The Bertz CT molecular complexity index is 362. The van der Waals surface area contributed by atoms with E-state index in [-0.39, 0.29) is 0 Å². The van der Waals surface area contributed by atoms with Crippen molar-refractivity contribution in [3.63, 3.8) is 0 Å². The maximum Gasteiger partial charge on any atom is 0.132 e. The third-order valence-electron chi connectivity index (χ3n) is 4.01. The number of amidine groups is 1. The number of aliphatic imine (C=N–C) groups is 1. The van der Waals surface area contributed by atoms with Gasteiger partial charge in [-0.1, -0.05) is 19.4 Å². The Morgan fingerprint density at radius 1 is 1.35 bits per heavy atom. The molecule has 1 saturated carbocycles. The first kappa shape index (κ1) is 14.9. The lowest BCUT2D eigenvalue weighted by atomic mass is 10.1. The van der Waals surface area contributed by atoms with Crippen molar-refractivity contribution >= 4 is 5.84 Å². The van der Waals surface area contributed by atoms with E-state index in [1.165, 1.54) is 25.7 Å². The molecular formula is C15H27N5. The van der Waals surface area contributed by atoms with Crippen LogP contribution in [0.4, 0.5) is 0 Å². The van der Waals surface area contributed by atoms with Gasteiger partial charge in [0.05, 0.1) is 0 Å². The molecule has 1 saturated heterocycles. The number of hydrogen-bond donors (Lipinski definition) is 3. The third kappa shape index (κ3) is 4.56. The second-order valence-electron chi connectivity index (χ2n) is 5.54. The fourth-order valence-electron chi connectivity index (χ4n) is 2.85. The maximum atomic E-state index is 5.53. The molecule has 1 aliphatic carbocycles. The van der Waals surface area contributed by atoms with Gasteiger partial charge in [-0.3, -0.25) is 0 Å². The Hall–Kier alpha value is -1.49. The lowest BCUT2D eigenvalue weighted by Crippen LogP contribution is -2.46. The fourth-order valence-corrected chi connectivity index (χ4v) is 2.85. The number of nitrogens with zero attached hydrogens (tertiary/aromatic N) is 2. The van der Waals surface area contributed by atoms with Crippen LogP contribution in [0.1, 0.15) is 25.7 Å². The number of nitrogens with one attached hydrogen (secondary N) is 2. The minimum Gasteiger partial charge on any atom is -0.404 e. The van der Waals surface area contributed by atoms with Gasteiger partial charge in [-0.05, 0) is 31.0 Å². The standard InChI is InChI=1S/C15H27N5/c1-13(18-12-14-4-2-3-5-14)19-15(6-7-16)20-10-8-17-9-11-20/h6-7,14,17-18H,1-5,8-12,16H2/b7-6-,19-15+. The molecule has 0 aromatic heterocycles. The van der Waals surface area contributed by atoms with E-state index in [1.807, 2.05) is 6.08 Å². The Kier molecular flexibility index (Phi) is 5.92. The van der Waals surface area contributed by atoms with Crippen LogP contribution in [0.5, 0.6) is 0 Å². The first-order valence-corrected chi connectivity index (χ1v) is 7.65. The van der Waals surface area contributed by atoms with E-state index in [1.54, 1.807) is 6.20 Å². The van der Waals surface area contributed by atoms with Crippen molar-refractivity contribution in [1.29, 1.82) is 0 Å². The van der Waals surface area contributed by atoms with Gasteiger partial charge in [-0.25, -0.2) is 4.99 Å². The van der Waals surface area contributed by atoms with Crippen molar-refractivity contribution in [2.75, 3.05) is 32.7 Å². The monoisotopic (exact) mass is 277 g/mol. The van der Waals surface area contributed by atoms with Crippen molar-refractivity contribution in [3.8, 4) is 0 Å². The fraction of sp³-hybridized carbons (Fsp3) is 0.667. The van der Waals surface area contributed by atoms with Gasteiger partial charge in [0.1, 0.15) is 11.7 Å². The molecule has 0 aromatic carbocycles.